The molecule has 0 aliphatic carbocycles. The lowest BCUT2D eigenvalue weighted by molar-refractivity contribution is -0.119. The van der Waals surface area contributed by atoms with Crippen LogP contribution in [0.3, 0.4) is 0 Å². The number of nitrogens with one attached hydrogen (secondary N) is 1. The average molecular weight is 507 g/mol. The number of unbranched alkanes of at least 4 members (excludes halogenated alkanes) is 1. The van der Waals surface area contributed by atoms with Crippen LogP contribution in [0, 0.1) is 13.8 Å². The van der Waals surface area contributed by atoms with Crippen molar-refractivity contribution in [2.24, 2.45) is 0 Å². The molecule has 0 radical (unpaired) electrons. The molecule has 0 saturated heterocycles. The maximum atomic E-state index is 14.3. The lowest BCUT2D eigenvalue weighted by Gasteiger charge is -2.39. The number of rotatable bonds is 7. The molecule has 3 aromatic carbocycles. The van der Waals surface area contributed by atoms with Gasteiger partial charge in [-0.1, -0.05) is 73.5 Å². The van der Waals surface area contributed by atoms with E-state index in [0.29, 0.717) is 6.54 Å². The molecule has 1 aliphatic rings. The Balaban J connectivity index is 1.51. The van der Waals surface area contributed by atoms with Crippen molar-refractivity contribution in [2.45, 2.75) is 39.7 Å². The van der Waals surface area contributed by atoms with Crippen LogP contribution < -0.4 is 10.2 Å². The highest BCUT2D eigenvalue weighted by Crippen LogP contribution is 2.42. The number of anilines is 2. The Morgan fingerprint density at radius 1 is 0.895 bits per heavy atom. The molecule has 1 atom stereocenters. The monoisotopic (exact) mass is 506 g/mol. The fourth-order valence-corrected chi connectivity index (χ4v) is 5.17. The largest absolute Gasteiger partial charge is 0.322 e. The number of hydrogen-bond acceptors (Lipinski definition) is 2. The number of aromatic nitrogens is 1. The first kappa shape index (κ1) is 25.3. The van der Waals surface area contributed by atoms with Crippen molar-refractivity contribution in [3.63, 3.8) is 0 Å². The summed E-state index contributed by atoms with van der Waals surface area (Å²) in [6, 6.07) is 27.5. The first-order chi connectivity index (χ1) is 18.5. The second kappa shape index (κ2) is 11.0. The molecule has 2 heterocycles. The Morgan fingerprint density at radius 3 is 2.42 bits per heavy atom. The molecule has 6 heteroatoms. The van der Waals surface area contributed by atoms with Crippen LogP contribution in [0.5, 0.6) is 0 Å². The normalized spacial score (nSPS) is 14.0. The van der Waals surface area contributed by atoms with Gasteiger partial charge in [0.05, 0.1) is 17.1 Å². The molecular weight excluding hydrogens is 472 g/mol. The number of fused-ring (bicyclic) bond motifs is 3. The minimum absolute atomic E-state index is 0.0188. The van der Waals surface area contributed by atoms with Crippen molar-refractivity contribution in [2.75, 3.05) is 23.3 Å². The van der Waals surface area contributed by atoms with Crippen molar-refractivity contribution in [1.29, 1.82) is 0 Å². The molecule has 4 aromatic rings. The van der Waals surface area contributed by atoms with E-state index in [4.69, 9.17) is 0 Å². The smallest absolute Gasteiger partial charge is 0.316 e. The third kappa shape index (κ3) is 4.94. The van der Waals surface area contributed by atoms with E-state index in [9.17, 15) is 9.59 Å². The second-order valence-corrected chi connectivity index (χ2v) is 9.89. The Kier molecular flexibility index (Phi) is 7.31. The van der Waals surface area contributed by atoms with Crippen LogP contribution in [0.1, 0.15) is 48.2 Å². The van der Waals surface area contributed by atoms with E-state index in [2.05, 4.69) is 48.0 Å². The van der Waals surface area contributed by atoms with E-state index >= 15 is 0 Å². The summed E-state index contributed by atoms with van der Waals surface area (Å²) in [4.78, 5) is 31.2. The summed E-state index contributed by atoms with van der Waals surface area (Å²) in [5.74, 6) is -0.118. The summed E-state index contributed by atoms with van der Waals surface area (Å²) in [6.45, 7) is 6.59. The van der Waals surface area contributed by atoms with Gasteiger partial charge in [0.15, 0.2) is 0 Å². The number of para-hydroxylation sites is 3. The number of nitrogens with zero attached hydrogens (tertiary/aromatic N) is 3. The van der Waals surface area contributed by atoms with Crippen LogP contribution in [0.2, 0.25) is 0 Å². The van der Waals surface area contributed by atoms with Gasteiger partial charge in [-0.3, -0.25) is 9.69 Å². The Labute approximate surface area is 224 Å². The van der Waals surface area contributed by atoms with Gasteiger partial charge >= 0.3 is 6.03 Å². The molecule has 1 N–H and O–H groups in total. The van der Waals surface area contributed by atoms with Crippen LogP contribution in [0.4, 0.5) is 16.2 Å². The van der Waals surface area contributed by atoms with Gasteiger partial charge in [0.2, 0.25) is 5.91 Å². The minimum atomic E-state index is -0.306. The molecule has 6 nitrogen and oxygen atoms in total. The molecule has 0 saturated carbocycles. The average Bonchev–Trinajstić information content (AvgIpc) is 3.41. The van der Waals surface area contributed by atoms with E-state index < -0.39 is 0 Å². The molecule has 1 unspecified atom stereocenters. The number of carbonyl (C=O) groups excluding carboxylic acids is 2. The Bertz CT molecular complexity index is 1460. The maximum Gasteiger partial charge on any atom is 0.322 e. The maximum absolute atomic E-state index is 14.3. The highest BCUT2D eigenvalue weighted by molar-refractivity contribution is 6.01. The molecule has 5 rings (SSSR count). The first-order valence-corrected chi connectivity index (χ1v) is 13.2. The summed E-state index contributed by atoms with van der Waals surface area (Å²) in [6.07, 6.45) is 3.78. The molecule has 194 valence electrons. The lowest BCUT2D eigenvalue weighted by Crippen LogP contribution is -2.48. The highest BCUT2D eigenvalue weighted by atomic mass is 16.2. The molecule has 3 amide bonds. The van der Waals surface area contributed by atoms with Crippen molar-refractivity contribution in [3.05, 3.63) is 114 Å². The third-order valence-electron chi connectivity index (χ3n) is 7.13. The number of hydrogen-bond donors (Lipinski definition) is 1. The van der Waals surface area contributed by atoms with Gasteiger partial charge in [0.1, 0.15) is 12.6 Å². The summed E-state index contributed by atoms with van der Waals surface area (Å²) < 4.78 is 2.16. The molecule has 0 bridgehead atoms. The summed E-state index contributed by atoms with van der Waals surface area (Å²) in [5.41, 5.74) is 6.72. The standard InChI is InChI=1S/C32H34N4O2/c1-4-5-19-34(32(38)33-26-15-7-6-13-24(26)3)22-30(37)36-28-17-9-8-16-27(28)35-20-11-18-29(35)31(36)25-14-10-12-23(2)21-25/h6-18,20-21,31H,4-5,19,22H2,1-3H3,(H,33,38). The van der Waals surface area contributed by atoms with Gasteiger partial charge < -0.3 is 14.8 Å². The summed E-state index contributed by atoms with van der Waals surface area (Å²) in [5, 5.41) is 3.02. The van der Waals surface area contributed by atoms with Crippen molar-refractivity contribution < 1.29 is 9.59 Å². The molecule has 38 heavy (non-hydrogen) atoms. The van der Waals surface area contributed by atoms with Crippen LogP contribution in [0.25, 0.3) is 5.69 Å². The zero-order chi connectivity index (χ0) is 26.6. The molecule has 0 fully saturated rings. The van der Waals surface area contributed by atoms with Gasteiger partial charge in [0, 0.05) is 18.4 Å². The van der Waals surface area contributed by atoms with Crippen molar-refractivity contribution in [1.82, 2.24) is 9.47 Å². The van der Waals surface area contributed by atoms with E-state index in [0.717, 1.165) is 52.3 Å². The predicted molar refractivity (Wildman–Crippen MR) is 153 cm³/mol. The quantitative estimate of drug-likeness (QED) is 0.298. The fourth-order valence-electron chi connectivity index (χ4n) is 5.17. The van der Waals surface area contributed by atoms with Gasteiger partial charge in [-0.2, -0.15) is 0 Å². The number of benzene rings is 3. The molecule has 0 spiro atoms. The predicted octanol–water partition coefficient (Wildman–Crippen LogP) is 6.86. The minimum Gasteiger partial charge on any atom is -0.316 e. The molecule has 1 aliphatic heterocycles. The lowest BCUT2D eigenvalue weighted by atomic mass is 9.96. The first-order valence-electron chi connectivity index (χ1n) is 13.2. The molecular formula is C32H34N4O2. The summed E-state index contributed by atoms with van der Waals surface area (Å²) >= 11 is 0. The van der Waals surface area contributed by atoms with E-state index in [1.165, 1.54) is 0 Å². The molecule has 1 aromatic heterocycles. The van der Waals surface area contributed by atoms with E-state index in [-0.39, 0.29) is 24.5 Å². The third-order valence-corrected chi connectivity index (χ3v) is 7.13. The SMILES string of the molecule is CCCCN(CC(=O)N1c2ccccc2-n2cccc2C1c1cccc(C)c1)C(=O)Nc1ccccc1C. The number of amides is 3. The zero-order valence-corrected chi connectivity index (χ0v) is 22.2. The van der Waals surface area contributed by atoms with Crippen molar-refractivity contribution in [3.8, 4) is 5.69 Å². The fraction of sp³-hybridized carbons (Fsp3) is 0.250. The second-order valence-electron chi connectivity index (χ2n) is 9.89. The number of carbonyl (C=O) groups is 2. The van der Waals surface area contributed by atoms with Crippen LogP contribution >= 0.6 is 0 Å². The van der Waals surface area contributed by atoms with Crippen LogP contribution in [-0.4, -0.2) is 34.5 Å². The Hall–Kier alpha value is -4.32. The van der Waals surface area contributed by atoms with Gasteiger partial charge in [-0.05, 0) is 61.7 Å². The van der Waals surface area contributed by atoms with Gasteiger partial charge in [-0.15, -0.1) is 0 Å². The highest BCUT2D eigenvalue weighted by Gasteiger charge is 2.37. The number of aryl methyl sites for hydroxylation is 2. The van der Waals surface area contributed by atoms with Gasteiger partial charge in [-0.25, -0.2) is 4.79 Å². The number of urea groups is 1. The van der Waals surface area contributed by atoms with E-state index in [1.54, 1.807) is 4.90 Å². The topological polar surface area (TPSA) is 57.6 Å². The Morgan fingerprint density at radius 2 is 1.66 bits per heavy atom. The van der Waals surface area contributed by atoms with Crippen molar-refractivity contribution >= 4 is 23.3 Å². The van der Waals surface area contributed by atoms with Crippen LogP contribution in [-0.2, 0) is 4.79 Å². The van der Waals surface area contributed by atoms with Gasteiger partial charge in [0.25, 0.3) is 0 Å². The van der Waals surface area contributed by atoms with E-state index in [1.807, 2.05) is 78.7 Å². The van der Waals surface area contributed by atoms with Crippen LogP contribution in [0.15, 0.2) is 91.1 Å². The summed E-state index contributed by atoms with van der Waals surface area (Å²) in [7, 11) is 0. The zero-order valence-electron chi connectivity index (χ0n) is 22.2.